The minimum absolute atomic E-state index is 0.0932. The molecule has 2 atom stereocenters. The zero-order chi connectivity index (χ0) is 37.6. The van der Waals surface area contributed by atoms with Gasteiger partial charge in [-0.25, -0.2) is 19.1 Å². The molecule has 0 bridgehead atoms. The van der Waals surface area contributed by atoms with Crippen LogP contribution in [0.3, 0.4) is 0 Å². The van der Waals surface area contributed by atoms with Gasteiger partial charge in [0, 0.05) is 48.3 Å². The molecule has 272 valence electrons. The fraction of sp³-hybridized carbons (Fsp3) is 0.308. The highest BCUT2D eigenvalue weighted by Gasteiger charge is 2.24. The molecule has 1 unspecified atom stereocenters. The molecule has 13 heteroatoms. The number of benzene rings is 3. The van der Waals surface area contributed by atoms with Gasteiger partial charge in [0.05, 0.1) is 25.9 Å². The molecule has 2 amide bonds. The lowest BCUT2D eigenvalue weighted by molar-refractivity contribution is -0.141. The van der Waals surface area contributed by atoms with Crippen LogP contribution in [0, 0.1) is 6.92 Å². The molecule has 0 saturated carbocycles. The predicted molar refractivity (Wildman–Crippen MR) is 199 cm³/mol. The fourth-order valence-corrected chi connectivity index (χ4v) is 5.80. The average molecular weight is 709 g/mol. The molecular formula is C39H44N6O7. The van der Waals surface area contributed by atoms with Gasteiger partial charge >= 0.3 is 18.2 Å². The topological polar surface area (TPSA) is 157 Å². The van der Waals surface area contributed by atoms with Crippen LogP contribution in [-0.4, -0.2) is 64.2 Å². The van der Waals surface area contributed by atoms with Gasteiger partial charge in [-0.1, -0.05) is 31.2 Å². The number of fused-ring (bicyclic) bond motifs is 1. The largest absolute Gasteiger partial charge is 0.467 e. The first-order valence-electron chi connectivity index (χ1n) is 16.8. The van der Waals surface area contributed by atoms with E-state index in [9.17, 15) is 19.2 Å². The summed E-state index contributed by atoms with van der Waals surface area (Å²) in [5.74, 6) is -0.656. The number of rotatable bonds is 11. The number of aromatic nitrogens is 3. The molecule has 0 fully saturated rings. The molecule has 0 radical (unpaired) electrons. The summed E-state index contributed by atoms with van der Waals surface area (Å²) < 4.78 is 17.9. The molecule has 0 saturated heterocycles. The van der Waals surface area contributed by atoms with Crippen LogP contribution in [0.15, 0.2) is 90.1 Å². The first kappa shape index (κ1) is 37.2. The molecule has 13 nitrogen and oxygen atoms in total. The van der Waals surface area contributed by atoms with E-state index in [4.69, 9.17) is 14.2 Å². The van der Waals surface area contributed by atoms with Gasteiger partial charge in [0.25, 0.3) is 5.56 Å². The number of methoxy groups -OCH3 is 1. The Labute approximate surface area is 301 Å². The Morgan fingerprint density at radius 2 is 1.79 bits per heavy atom. The molecule has 5 aromatic rings. The molecule has 2 heterocycles. The van der Waals surface area contributed by atoms with Gasteiger partial charge in [0.1, 0.15) is 5.60 Å². The van der Waals surface area contributed by atoms with Crippen molar-refractivity contribution in [3.05, 3.63) is 118 Å². The molecule has 5 rings (SSSR count). The number of carbonyl (C=O) groups excluding carboxylic acids is 3. The number of nitrogens with zero attached hydrogens (tertiary/aromatic N) is 3. The van der Waals surface area contributed by atoms with E-state index >= 15 is 0 Å². The number of anilines is 2. The van der Waals surface area contributed by atoms with Crippen LogP contribution in [0.1, 0.15) is 61.9 Å². The Kier molecular flexibility index (Phi) is 11.3. The van der Waals surface area contributed by atoms with Gasteiger partial charge < -0.3 is 29.4 Å². The van der Waals surface area contributed by atoms with Crippen molar-refractivity contribution in [1.29, 1.82) is 0 Å². The quantitative estimate of drug-likeness (QED) is 0.0965. The first-order chi connectivity index (χ1) is 24.7. The lowest BCUT2D eigenvalue weighted by Crippen LogP contribution is -2.34. The SMILES string of the molecule is COC(=O)C(Nc1ccc2cc[nH]c(=O)c2c1)c1ccc([C@@H](C)COC(=O)Nc2ccc(-n3cccn3)c(CN(C)C(=O)OC(C)(C)C)c2)c(C)c1. The molecule has 3 N–H and O–H groups in total. The van der Waals surface area contributed by atoms with Crippen molar-refractivity contribution in [3.8, 4) is 5.69 Å². The van der Waals surface area contributed by atoms with Crippen LogP contribution < -0.4 is 16.2 Å². The number of pyridine rings is 1. The summed E-state index contributed by atoms with van der Waals surface area (Å²) in [6.45, 7) is 9.58. The van der Waals surface area contributed by atoms with Crippen LogP contribution in [-0.2, 0) is 25.5 Å². The van der Waals surface area contributed by atoms with Gasteiger partial charge in [0.15, 0.2) is 6.04 Å². The van der Waals surface area contributed by atoms with Crippen molar-refractivity contribution in [2.45, 2.75) is 58.7 Å². The maximum atomic E-state index is 13.0. The first-order valence-corrected chi connectivity index (χ1v) is 16.8. The average Bonchev–Trinajstić information content (AvgIpc) is 3.64. The van der Waals surface area contributed by atoms with E-state index in [1.54, 1.807) is 87.5 Å². The highest BCUT2D eigenvalue weighted by molar-refractivity contribution is 5.87. The molecule has 0 aliphatic rings. The standard InChI is InChI=1S/C39H44N6O7/c1-24-19-27(34(36(47)50-7)42-30-11-9-26-15-17-40-35(46)32(26)21-30)10-13-31(24)25(2)23-51-37(48)43-29-12-14-33(45-18-8-16-41-45)28(20-29)22-44(6)38(49)52-39(3,4)5/h8-21,25,34,42H,22-23H2,1-7H3,(H,40,46)(H,43,48)/t25-,34?/m0/s1. The van der Waals surface area contributed by atoms with Crippen molar-refractivity contribution >= 4 is 40.3 Å². The minimum Gasteiger partial charge on any atom is -0.467 e. The van der Waals surface area contributed by atoms with Gasteiger partial charge in [-0.05, 0) is 97.8 Å². The second-order valence-electron chi connectivity index (χ2n) is 13.6. The number of aromatic amines is 1. The Bertz CT molecular complexity index is 2120. The lowest BCUT2D eigenvalue weighted by atomic mass is 9.93. The maximum absolute atomic E-state index is 13.0. The van der Waals surface area contributed by atoms with Crippen LogP contribution >= 0.6 is 0 Å². The van der Waals surface area contributed by atoms with Crippen molar-refractivity contribution in [3.63, 3.8) is 0 Å². The monoisotopic (exact) mass is 708 g/mol. The van der Waals surface area contributed by atoms with Gasteiger partial charge in [-0.2, -0.15) is 5.10 Å². The van der Waals surface area contributed by atoms with Crippen LogP contribution in [0.5, 0.6) is 0 Å². The van der Waals surface area contributed by atoms with Crippen LogP contribution in [0.2, 0.25) is 0 Å². The second-order valence-corrected chi connectivity index (χ2v) is 13.6. The summed E-state index contributed by atoms with van der Waals surface area (Å²) in [5.41, 5.74) is 4.18. The second kappa shape index (κ2) is 15.8. The third-order valence-corrected chi connectivity index (χ3v) is 8.34. The number of amides is 2. The van der Waals surface area contributed by atoms with E-state index < -0.39 is 29.8 Å². The maximum Gasteiger partial charge on any atom is 0.411 e. The molecule has 3 aromatic carbocycles. The summed E-state index contributed by atoms with van der Waals surface area (Å²) >= 11 is 0. The minimum atomic E-state index is -0.830. The highest BCUT2D eigenvalue weighted by Crippen LogP contribution is 2.28. The normalized spacial score (nSPS) is 12.4. The van der Waals surface area contributed by atoms with E-state index in [2.05, 4.69) is 20.7 Å². The van der Waals surface area contributed by atoms with Crippen LogP contribution in [0.4, 0.5) is 21.0 Å². The lowest BCUT2D eigenvalue weighted by Gasteiger charge is -2.25. The van der Waals surface area contributed by atoms with Crippen molar-refractivity contribution in [2.75, 3.05) is 31.4 Å². The smallest absolute Gasteiger partial charge is 0.411 e. The van der Waals surface area contributed by atoms with E-state index in [1.807, 2.05) is 44.2 Å². The van der Waals surface area contributed by atoms with Crippen LogP contribution in [0.25, 0.3) is 16.5 Å². The van der Waals surface area contributed by atoms with E-state index in [-0.39, 0.29) is 24.6 Å². The number of hydrogen-bond acceptors (Lipinski definition) is 9. The zero-order valence-electron chi connectivity index (χ0n) is 30.4. The number of aryl methyl sites for hydroxylation is 1. The molecule has 0 spiro atoms. The number of ether oxygens (including phenoxy) is 3. The van der Waals surface area contributed by atoms with E-state index in [0.717, 1.165) is 27.8 Å². The predicted octanol–water partition coefficient (Wildman–Crippen LogP) is 7.07. The summed E-state index contributed by atoms with van der Waals surface area (Å²) in [6, 6.07) is 19.0. The van der Waals surface area contributed by atoms with Gasteiger partial charge in [-0.3, -0.25) is 10.1 Å². The molecule has 0 aliphatic heterocycles. The fourth-order valence-electron chi connectivity index (χ4n) is 5.80. The van der Waals surface area contributed by atoms with Crippen molar-refractivity contribution in [2.24, 2.45) is 0 Å². The third-order valence-electron chi connectivity index (χ3n) is 8.34. The molecule has 0 aliphatic carbocycles. The third kappa shape index (κ3) is 9.16. The Balaban J connectivity index is 1.25. The molecular weight excluding hydrogens is 664 g/mol. The Morgan fingerprint density at radius 1 is 1.02 bits per heavy atom. The summed E-state index contributed by atoms with van der Waals surface area (Å²) in [6.07, 6.45) is 3.93. The van der Waals surface area contributed by atoms with Crippen molar-refractivity contribution < 1.29 is 28.6 Å². The number of H-pyrrole nitrogens is 1. The number of hydrogen-bond donors (Lipinski definition) is 3. The molecule has 2 aromatic heterocycles. The summed E-state index contributed by atoms with van der Waals surface area (Å²) in [5, 5.41) is 11.6. The number of carbonyl (C=O) groups is 3. The Morgan fingerprint density at radius 3 is 2.48 bits per heavy atom. The summed E-state index contributed by atoms with van der Waals surface area (Å²) in [4.78, 5) is 55.0. The van der Waals surface area contributed by atoms with E-state index in [1.165, 1.54) is 12.0 Å². The number of nitrogens with one attached hydrogen (secondary N) is 3. The molecule has 52 heavy (non-hydrogen) atoms. The zero-order valence-corrected chi connectivity index (χ0v) is 30.4. The van der Waals surface area contributed by atoms with E-state index in [0.29, 0.717) is 22.3 Å². The van der Waals surface area contributed by atoms with Crippen molar-refractivity contribution in [1.82, 2.24) is 19.7 Å². The Hall–Kier alpha value is -6.11. The summed E-state index contributed by atoms with van der Waals surface area (Å²) in [7, 11) is 2.97. The number of esters is 1. The van der Waals surface area contributed by atoms with Gasteiger partial charge in [-0.15, -0.1) is 0 Å². The van der Waals surface area contributed by atoms with Gasteiger partial charge in [0.2, 0.25) is 0 Å². The highest BCUT2D eigenvalue weighted by atomic mass is 16.6.